The number of pyridine rings is 1. The molecule has 0 aliphatic carbocycles. The van der Waals surface area contributed by atoms with Gasteiger partial charge in [0.2, 0.25) is 0 Å². The molecule has 4 aromatic rings. The molecule has 0 amide bonds. The van der Waals surface area contributed by atoms with Crippen molar-refractivity contribution >= 4 is 17.2 Å². The summed E-state index contributed by atoms with van der Waals surface area (Å²) >= 11 is 0. The van der Waals surface area contributed by atoms with Crippen LogP contribution in [0.2, 0.25) is 0 Å². The maximum absolute atomic E-state index is 12.5. The summed E-state index contributed by atoms with van der Waals surface area (Å²) in [7, 11) is 1.86. The van der Waals surface area contributed by atoms with Gasteiger partial charge in [0.15, 0.2) is 5.65 Å². The molecule has 0 aliphatic heterocycles. The number of hydrogen-bond acceptors (Lipinski definition) is 5. The van der Waals surface area contributed by atoms with Crippen LogP contribution in [0.4, 0.5) is 24.7 Å². The number of rotatable bonds is 4. The van der Waals surface area contributed by atoms with E-state index in [2.05, 4.69) is 19.8 Å². The number of nitrogens with zero attached hydrogens (tertiary/aromatic N) is 5. The summed E-state index contributed by atoms with van der Waals surface area (Å²) in [5, 5.41) is 4.24. The quantitative estimate of drug-likeness (QED) is 0.519. The summed E-state index contributed by atoms with van der Waals surface area (Å²) in [6.07, 6.45) is 1.92. The topological polar surface area (TPSA) is 55.6 Å². The molecule has 3 heterocycles. The van der Waals surface area contributed by atoms with E-state index >= 15 is 0 Å². The van der Waals surface area contributed by atoms with E-state index in [9.17, 15) is 13.2 Å². The van der Waals surface area contributed by atoms with Gasteiger partial charge in [-0.15, -0.1) is 13.2 Å². The minimum Gasteiger partial charge on any atom is -0.406 e. The molecule has 3 aromatic heterocycles. The fourth-order valence-electron chi connectivity index (χ4n) is 2.81. The van der Waals surface area contributed by atoms with E-state index in [0.29, 0.717) is 22.6 Å². The molecule has 0 aliphatic rings. The third-order valence-corrected chi connectivity index (χ3v) is 4.13. The Morgan fingerprint density at radius 2 is 1.86 bits per heavy atom. The molecule has 0 saturated heterocycles. The van der Waals surface area contributed by atoms with Crippen LogP contribution < -0.4 is 9.64 Å². The van der Waals surface area contributed by atoms with Crippen molar-refractivity contribution in [2.45, 2.75) is 6.36 Å². The second-order valence-corrected chi connectivity index (χ2v) is 5.95. The van der Waals surface area contributed by atoms with Gasteiger partial charge in [0.25, 0.3) is 0 Å². The summed E-state index contributed by atoms with van der Waals surface area (Å²) < 4.78 is 43.1. The van der Waals surface area contributed by atoms with E-state index in [0.717, 1.165) is 5.69 Å². The third kappa shape index (κ3) is 3.59. The lowest BCUT2D eigenvalue weighted by molar-refractivity contribution is -0.274. The molecule has 0 spiro atoms. The van der Waals surface area contributed by atoms with E-state index in [1.807, 2.05) is 24.1 Å². The van der Waals surface area contributed by atoms with Crippen LogP contribution in [-0.4, -0.2) is 33.0 Å². The first-order chi connectivity index (χ1) is 13.4. The number of alkyl halides is 3. The highest BCUT2D eigenvalue weighted by Crippen LogP contribution is 2.31. The Morgan fingerprint density at radius 1 is 1.07 bits per heavy atom. The van der Waals surface area contributed by atoms with Crippen LogP contribution in [0, 0.1) is 0 Å². The van der Waals surface area contributed by atoms with Gasteiger partial charge in [-0.2, -0.15) is 5.10 Å². The number of halogens is 3. The Morgan fingerprint density at radius 3 is 2.61 bits per heavy atom. The number of benzene rings is 1. The van der Waals surface area contributed by atoms with Gasteiger partial charge in [-0.3, -0.25) is 4.98 Å². The summed E-state index contributed by atoms with van der Waals surface area (Å²) in [6.45, 7) is 0. The maximum atomic E-state index is 12.5. The number of ether oxygens (including phenoxy) is 1. The molecule has 0 fully saturated rings. The zero-order valence-corrected chi connectivity index (χ0v) is 14.6. The van der Waals surface area contributed by atoms with Crippen molar-refractivity contribution in [2.75, 3.05) is 11.9 Å². The minimum atomic E-state index is -4.75. The lowest BCUT2D eigenvalue weighted by Crippen LogP contribution is -2.17. The summed E-state index contributed by atoms with van der Waals surface area (Å²) in [5.74, 6) is 0.359. The molecule has 4 rings (SSSR count). The van der Waals surface area contributed by atoms with Gasteiger partial charge in [0, 0.05) is 36.9 Å². The highest BCUT2D eigenvalue weighted by molar-refractivity contribution is 5.78. The lowest BCUT2D eigenvalue weighted by atomic mass is 10.1. The first-order valence-corrected chi connectivity index (χ1v) is 8.25. The number of aromatic nitrogens is 4. The Balaban J connectivity index is 1.74. The Kier molecular flexibility index (Phi) is 4.34. The van der Waals surface area contributed by atoms with Gasteiger partial charge < -0.3 is 9.64 Å². The molecule has 0 saturated carbocycles. The number of fused-ring (bicyclic) bond motifs is 1. The molecule has 142 valence electrons. The lowest BCUT2D eigenvalue weighted by Gasteiger charge is -2.18. The maximum Gasteiger partial charge on any atom is 0.573 e. The number of hydrogen-bond donors (Lipinski definition) is 0. The third-order valence-electron chi connectivity index (χ3n) is 4.13. The van der Waals surface area contributed by atoms with Gasteiger partial charge in [-0.05, 0) is 35.9 Å². The van der Waals surface area contributed by atoms with Crippen molar-refractivity contribution in [1.29, 1.82) is 0 Å². The summed E-state index contributed by atoms with van der Waals surface area (Å²) in [5.41, 5.74) is 2.53. The highest BCUT2D eigenvalue weighted by Gasteiger charge is 2.31. The summed E-state index contributed by atoms with van der Waals surface area (Å²) in [6, 6.07) is 11.2. The SMILES string of the molecule is CN(c1ccncc1)c1ccn2ncc(-c3cccc(OC(F)(F)F)c3)c2n1. The molecule has 28 heavy (non-hydrogen) atoms. The van der Waals surface area contributed by atoms with Gasteiger partial charge in [-0.1, -0.05) is 12.1 Å². The van der Waals surface area contributed by atoms with Crippen molar-refractivity contribution in [2.24, 2.45) is 0 Å². The Labute approximate surface area is 157 Å². The monoisotopic (exact) mass is 385 g/mol. The van der Waals surface area contributed by atoms with Crippen LogP contribution in [0.25, 0.3) is 16.8 Å². The molecule has 0 bridgehead atoms. The van der Waals surface area contributed by atoms with Crippen LogP contribution in [0.5, 0.6) is 5.75 Å². The predicted molar refractivity (Wildman–Crippen MR) is 97.4 cm³/mol. The summed E-state index contributed by atoms with van der Waals surface area (Å²) in [4.78, 5) is 10.5. The largest absolute Gasteiger partial charge is 0.573 e. The van der Waals surface area contributed by atoms with E-state index in [-0.39, 0.29) is 5.75 Å². The van der Waals surface area contributed by atoms with Gasteiger partial charge >= 0.3 is 6.36 Å². The van der Waals surface area contributed by atoms with Crippen LogP contribution in [0.3, 0.4) is 0 Å². The molecular weight excluding hydrogens is 371 g/mol. The zero-order chi connectivity index (χ0) is 19.7. The van der Waals surface area contributed by atoms with Crippen molar-refractivity contribution in [3.05, 3.63) is 67.3 Å². The fourth-order valence-corrected chi connectivity index (χ4v) is 2.81. The zero-order valence-electron chi connectivity index (χ0n) is 14.6. The van der Waals surface area contributed by atoms with Crippen LogP contribution >= 0.6 is 0 Å². The standard InChI is InChI=1S/C19H14F3N5O/c1-26(14-5-8-23-9-6-14)17-7-10-27-18(25-17)16(12-24-27)13-3-2-4-15(11-13)28-19(20,21)22/h2-12H,1H3. The first kappa shape index (κ1) is 17.8. The molecule has 0 unspecified atom stereocenters. The molecule has 6 nitrogen and oxygen atoms in total. The molecular formula is C19H14F3N5O. The molecule has 0 N–H and O–H groups in total. The second kappa shape index (κ2) is 6.84. The van der Waals surface area contributed by atoms with E-state index in [1.54, 1.807) is 41.4 Å². The normalized spacial score (nSPS) is 11.6. The minimum absolute atomic E-state index is 0.297. The van der Waals surface area contributed by atoms with Crippen LogP contribution in [0.15, 0.2) is 67.3 Å². The molecule has 0 atom stereocenters. The molecule has 0 radical (unpaired) electrons. The van der Waals surface area contributed by atoms with Crippen molar-refractivity contribution in [1.82, 2.24) is 19.6 Å². The van der Waals surface area contributed by atoms with Gasteiger partial charge in [-0.25, -0.2) is 9.50 Å². The van der Waals surface area contributed by atoms with Crippen molar-refractivity contribution < 1.29 is 17.9 Å². The van der Waals surface area contributed by atoms with E-state index < -0.39 is 6.36 Å². The van der Waals surface area contributed by atoms with Crippen LogP contribution in [-0.2, 0) is 0 Å². The smallest absolute Gasteiger partial charge is 0.406 e. The number of anilines is 2. The Bertz CT molecular complexity index is 1110. The van der Waals surface area contributed by atoms with Gasteiger partial charge in [0.1, 0.15) is 11.6 Å². The molecule has 9 heteroatoms. The molecule has 1 aromatic carbocycles. The van der Waals surface area contributed by atoms with Crippen molar-refractivity contribution in [3.8, 4) is 16.9 Å². The average Bonchev–Trinajstić information content (AvgIpc) is 3.10. The fraction of sp³-hybridized carbons (Fsp3) is 0.105. The van der Waals surface area contributed by atoms with Gasteiger partial charge in [0.05, 0.1) is 6.20 Å². The van der Waals surface area contributed by atoms with E-state index in [4.69, 9.17) is 0 Å². The first-order valence-electron chi connectivity index (χ1n) is 8.25. The second-order valence-electron chi connectivity index (χ2n) is 5.95. The predicted octanol–water partition coefficient (Wildman–Crippen LogP) is 4.46. The van der Waals surface area contributed by atoms with Crippen LogP contribution in [0.1, 0.15) is 0 Å². The van der Waals surface area contributed by atoms with E-state index in [1.165, 1.54) is 18.2 Å². The average molecular weight is 385 g/mol. The highest BCUT2D eigenvalue weighted by atomic mass is 19.4. The Hall–Kier alpha value is -3.62. The van der Waals surface area contributed by atoms with Crippen molar-refractivity contribution in [3.63, 3.8) is 0 Å².